The third-order valence-corrected chi connectivity index (χ3v) is 2.50. The van der Waals surface area contributed by atoms with Gasteiger partial charge in [0.2, 0.25) is 0 Å². The van der Waals surface area contributed by atoms with Crippen molar-refractivity contribution in [1.82, 2.24) is 10.2 Å². The van der Waals surface area contributed by atoms with Crippen LogP contribution >= 0.6 is 15.9 Å². The van der Waals surface area contributed by atoms with E-state index in [1.165, 1.54) is 5.56 Å². The number of nitrogens with zero attached hydrogens (tertiary/aromatic N) is 1. The smallest absolute Gasteiger partial charge is 0.0853 e. The van der Waals surface area contributed by atoms with E-state index in [0.29, 0.717) is 0 Å². The Morgan fingerprint density at radius 1 is 1.23 bits per heavy atom. The maximum absolute atomic E-state index is 3.42. The van der Waals surface area contributed by atoms with E-state index in [4.69, 9.17) is 0 Å². The van der Waals surface area contributed by atoms with Gasteiger partial charge < -0.3 is 5.32 Å². The molecule has 0 amide bonds. The molecule has 1 rings (SSSR count). The molecular formula is C10H15BrN2. The third kappa shape index (κ3) is 2.79. The van der Waals surface area contributed by atoms with Crippen LogP contribution in [0.25, 0.3) is 0 Å². The van der Waals surface area contributed by atoms with E-state index in [-0.39, 0.29) is 6.17 Å². The highest BCUT2D eigenvalue weighted by Crippen LogP contribution is 2.17. The summed E-state index contributed by atoms with van der Waals surface area (Å²) in [4.78, 5) is 2.14. The third-order valence-electron chi connectivity index (χ3n) is 1.98. The summed E-state index contributed by atoms with van der Waals surface area (Å²) in [5.41, 5.74) is 1.27. The van der Waals surface area contributed by atoms with Gasteiger partial charge in [-0.2, -0.15) is 0 Å². The van der Waals surface area contributed by atoms with Crippen LogP contribution in [0.2, 0.25) is 0 Å². The van der Waals surface area contributed by atoms with Gasteiger partial charge in [-0.3, -0.25) is 4.90 Å². The molecule has 1 unspecified atom stereocenters. The fraction of sp³-hybridized carbons (Fsp3) is 0.400. The quantitative estimate of drug-likeness (QED) is 0.819. The predicted molar refractivity (Wildman–Crippen MR) is 59.6 cm³/mol. The number of hydrogen-bond donors (Lipinski definition) is 1. The minimum atomic E-state index is 0.285. The largest absolute Gasteiger partial charge is 0.301 e. The topological polar surface area (TPSA) is 15.3 Å². The van der Waals surface area contributed by atoms with Gasteiger partial charge >= 0.3 is 0 Å². The van der Waals surface area contributed by atoms with Crippen molar-refractivity contribution in [2.24, 2.45) is 0 Å². The summed E-state index contributed by atoms with van der Waals surface area (Å²) < 4.78 is 1.12. The lowest BCUT2D eigenvalue weighted by atomic mass is 10.1. The van der Waals surface area contributed by atoms with Crippen molar-refractivity contribution in [2.45, 2.75) is 6.17 Å². The Morgan fingerprint density at radius 2 is 1.77 bits per heavy atom. The molecule has 0 fully saturated rings. The average Bonchev–Trinajstić information content (AvgIpc) is 2.09. The summed E-state index contributed by atoms with van der Waals surface area (Å²) in [5, 5.41) is 3.25. The lowest BCUT2D eigenvalue weighted by molar-refractivity contribution is 0.264. The Morgan fingerprint density at radius 3 is 2.15 bits per heavy atom. The Labute approximate surface area is 88.1 Å². The van der Waals surface area contributed by atoms with E-state index in [0.717, 1.165) is 4.47 Å². The standard InChI is InChI=1S/C10H15BrN2/c1-12-10(13(2)3)8-4-6-9(11)7-5-8/h4-7,10,12H,1-3H3. The van der Waals surface area contributed by atoms with Crippen LogP contribution in [0.15, 0.2) is 28.7 Å². The number of nitrogens with one attached hydrogen (secondary N) is 1. The molecule has 0 saturated carbocycles. The molecule has 0 aliphatic heterocycles. The summed E-state index contributed by atoms with van der Waals surface area (Å²) in [6.07, 6.45) is 0.285. The van der Waals surface area contributed by atoms with Crippen molar-refractivity contribution >= 4 is 15.9 Å². The van der Waals surface area contributed by atoms with Crippen LogP contribution in [0.4, 0.5) is 0 Å². The molecule has 0 spiro atoms. The molecule has 2 nitrogen and oxygen atoms in total. The van der Waals surface area contributed by atoms with Crippen molar-refractivity contribution in [3.8, 4) is 0 Å². The van der Waals surface area contributed by atoms with Crippen LogP contribution in [0.5, 0.6) is 0 Å². The van der Waals surface area contributed by atoms with E-state index in [9.17, 15) is 0 Å². The minimum absolute atomic E-state index is 0.285. The first kappa shape index (κ1) is 10.7. The summed E-state index contributed by atoms with van der Waals surface area (Å²) in [5.74, 6) is 0. The van der Waals surface area contributed by atoms with Crippen LogP contribution in [0, 0.1) is 0 Å². The zero-order chi connectivity index (χ0) is 9.84. The maximum Gasteiger partial charge on any atom is 0.0853 e. The van der Waals surface area contributed by atoms with E-state index in [1.807, 2.05) is 7.05 Å². The van der Waals surface area contributed by atoms with Crippen LogP contribution in [-0.2, 0) is 0 Å². The molecule has 0 aromatic heterocycles. The summed E-state index contributed by atoms with van der Waals surface area (Å²) in [6, 6.07) is 8.35. The molecule has 0 aliphatic carbocycles. The molecule has 13 heavy (non-hydrogen) atoms. The summed E-state index contributed by atoms with van der Waals surface area (Å²) in [7, 11) is 6.08. The van der Waals surface area contributed by atoms with Crippen molar-refractivity contribution in [3.63, 3.8) is 0 Å². The monoisotopic (exact) mass is 242 g/mol. The van der Waals surface area contributed by atoms with Gasteiger partial charge in [-0.1, -0.05) is 28.1 Å². The average molecular weight is 243 g/mol. The zero-order valence-electron chi connectivity index (χ0n) is 8.21. The molecule has 0 radical (unpaired) electrons. The first-order valence-electron chi connectivity index (χ1n) is 4.24. The number of halogens is 1. The molecule has 0 saturated heterocycles. The lowest BCUT2D eigenvalue weighted by Crippen LogP contribution is -2.30. The fourth-order valence-corrected chi connectivity index (χ4v) is 1.63. The maximum atomic E-state index is 3.42. The van der Waals surface area contributed by atoms with E-state index in [2.05, 4.69) is 64.5 Å². The van der Waals surface area contributed by atoms with Crippen molar-refractivity contribution < 1.29 is 0 Å². The van der Waals surface area contributed by atoms with E-state index in [1.54, 1.807) is 0 Å². The molecule has 72 valence electrons. The molecule has 1 aromatic rings. The van der Waals surface area contributed by atoms with Crippen molar-refractivity contribution in [2.75, 3.05) is 21.1 Å². The highest BCUT2D eigenvalue weighted by molar-refractivity contribution is 9.10. The van der Waals surface area contributed by atoms with Gasteiger partial charge in [0.15, 0.2) is 0 Å². The number of hydrogen-bond acceptors (Lipinski definition) is 2. The Balaban J connectivity index is 2.86. The van der Waals surface area contributed by atoms with Gasteiger partial charge in [0, 0.05) is 4.47 Å². The highest BCUT2D eigenvalue weighted by atomic mass is 79.9. The Kier molecular flexibility index (Phi) is 3.90. The molecule has 1 aromatic carbocycles. The molecule has 0 heterocycles. The van der Waals surface area contributed by atoms with Crippen molar-refractivity contribution in [1.29, 1.82) is 0 Å². The second-order valence-electron chi connectivity index (χ2n) is 3.21. The van der Waals surface area contributed by atoms with Gasteiger partial charge in [-0.15, -0.1) is 0 Å². The van der Waals surface area contributed by atoms with Gasteiger partial charge in [0.25, 0.3) is 0 Å². The van der Waals surface area contributed by atoms with Crippen LogP contribution < -0.4 is 5.32 Å². The SMILES string of the molecule is CNC(c1ccc(Br)cc1)N(C)C. The van der Waals surface area contributed by atoms with E-state index < -0.39 is 0 Å². The zero-order valence-corrected chi connectivity index (χ0v) is 9.80. The lowest BCUT2D eigenvalue weighted by Gasteiger charge is -2.23. The molecule has 1 atom stereocenters. The molecule has 1 N–H and O–H groups in total. The van der Waals surface area contributed by atoms with Crippen LogP contribution in [0.1, 0.15) is 11.7 Å². The van der Waals surface area contributed by atoms with Gasteiger partial charge in [-0.05, 0) is 38.8 Å². The first-order valence-corrected chi connectivity index (χ1v) is 5.03. The Hall–Kier alpha value is -0.380. The van der Waals surface area contributed by atoms with E-state index >= 15 is 0 Å². The van der Waals surface area contributed by atoms with Crippen LogP contribution in [0.3, 0.4) is 0 Å². The molecule has 3 heteroatoms. The predicted octanol–water partition coefficient (Wildman–Crippen LogP) is 2.23. The normalized spacial score (nSPS) is 13.3. The molecular weight excluding hydrogens is 228 g/mol. The van der Waals surface area contributed by atoms with Crippen LogP contribution in [-0.4, -0.2) is 26.0 Å². The second-order valence-corrected chi connectivity index (χ2v) is 4.12. The second kappa shape index (κ2) is 4.74. The summed E-state index contributed by atoms with van der Waals surface area (Å²) >= 11 is 3.42. The Bertz CT molecular complexity index is 256. The van der Waals surface area contributed by atoms with Gasteiger partial charge in [0.1, 0.15) is 0 Å². The number of benzene rings is 1. The number of rotatable bonds is 3. The molecule has 0 bridgehead atoms. The minimum Gasteiger partial charge on any atom is -0.301 e. The summed E-state index contributed by atoms with van der Waals surface area (Å²) in [6.45, 7) is 0. The van der Waals surface area contributed by atoms with Crippen molar-refractivity contribution in [3.05, 3.63) is 34.3 Å². The highest BCUT2D eigenvalue weighted by Gasteiger charge is 2.09. The van der Waals surface area contributed by atoms with Gasteiger partial charge in [-0.25, -0.2) is 0 Å². The fourth-order valence-electron chi connectivity index (χ4n) is 1.37. The first-order chi connectivity index (χ1) is 6.15. The van der Waals surface area contributed by atoms with Gasteiger partial charge in [0.05, 0.1) is 6.17 Å². The molecule has 0 aliphatic rings.